The van der Waals surface area contributed by atoms with Gasteiger partial charge in [0.1, 0.15) is 11.2 Å². The first-order chi connectivity index (χ1) is 9.93. The largest absolute Gasteiger partial charge is 0.496 e. The summed E-state index contributed by atoms with van der Waals surface area (Å²) in [6.45, 7) is 0. The topological polar surface area (TPSA) is 82.4 Å². The average Bonchev–Trinajstić information content (AvgIpc) is 3.27. The molecule has 110 valence electrons. The van der Waals surface area contributed by atoms with Crippen LogP contribution in [0.5, 0.6) is 5.75 Å². The number of amides is 2. The highest BCUT2D eigenvalue weighted by Gasteiger charge is 2.50. The molecule has 1 fully saturated rings. The van der Waals surface area contributed by atoms with Crippen molar-refractivity contribution in [2.75, 3.05) is 26.5 Å². The minimum atomic E-state index is -0.897. The van der Waals surface area contributed by atoms with Gasteiger partial charge in [-0.15, -0.1) is 0 Å². The summed E-state index contributed by atoms with van der Waals surface area (Å²) >= 11 is 0. The summed E-state index contributed by atoms with van der Waals surface area (Å²) in [5, 5.41) is 11.7. The second kappa shape index (κ2) is 5.44. The Balaban J connectivity index is 2.26. The fourth-order valence-electron chi connectivity index (χ4n) is 1.96. The minimum Gasteiger partial charge on any atom is -0.496 e. The van der Waals surface area contributed by atoms with Crippen LogP contribution in [0.1, 0.15) is 23.2 Å². The van der Waals surface area contributed by atoms with Gasteiger partial charge in [0.05, 0.1) is 18.7 Å². The molecule has 0 saturated heterocycles. The van der Waals surface area contributed by atoms with Crippen molar-refractivity contribution < 1.29 is 14.3 Å². The average molecular weight is 287 g/mol. The van der Waals surface area contributed by atoms with Crippen molar-refractivity contribution in [1.29, 1.82) is 5.26 Å². The van der Waals surface area contributed by atoms with Gasteiger partial charge < -0.3 is 15.0 Å². The molecule has 1 N–H and O–H groups in total. The van der Waals surface area contributed by atoms with Gasteiger partial charge in [0, 0.05) is 19.8 Å². The summed E-state index contributed by atoms with van der Waals surface area (Å²) in [6, 6.07) is 6.87. The molecule has 1 aromatic carbocycles. The Bertz CT molecular complexity index is 628. The standard InChI is InChI=1S/C15H17N3O3/c1-18(2)13(19)11-8-10(4-5-12(11)21-3)17-14(20)15(9-16)6-7-15/h4-5,8H,6-7H2,1-3H3,(H,17,20). The first-order valence-corrected chi connectivity index (χ1v) is 6.56. The molecule has 1 aromatic rings. The quantitative estimate of drug-likeness (QED) is 0.912. The molecule has 6 heteroatoms. The van der Waals surface area contributed by atoms with E-state index in [4.69, 9.17) is 10.00 Å². The highest BCUT2D eigenvalue weighted by molar-refractivity contribution is 6.02. The third-order valence-electron chi connectivity index (χ3n) is 3.49. The van der Waals surface area contributed by atoms with Crippen LogP contribution in [0.15, 0.2) is 18.2 Å². The van der Waals surface area contributed by atoms with Crippen LogP contribution in [-0.2, 0) is 4.79 Å². The number of methoxy groups -OCH3 is 1. The van der Waals surface area contributed by atoms with Crippen LogP contribution >= 0.6 is 0 Å². The molecule has 1 aliphatic carbocycles. The maximum absolute atomic E-state index is 12.1. The van der Waals surface area contributed by atoms with Gasteiger partial charge in [-0.3, -0.25) is 9.59 Å². The monoisotopic (exact) mass is 287 g/mol. The molecule has 0 heterocycles. The number of hydrogen-bond acceptors (Lipinski definition) is 4. The molecule has 21 heavy (non-hydrogen) atoms. The van der Waals surface area contributed by atoms with Crippen LogP contribution in [0.3, 0.4) is 0 Å². The van der Waals surface area contributed by atoms with Gasteiger partial charge >= 0.3 is 0 Å². The van der Waals surface area contributed by atoms with E-state index < -0.39 is 5.41 Å². The zero-order chi connectivity index (χ0) is 15.6. The lowest BCUT2D eigenvalue weighted by atomic mass is 10.1. The van der Waals surface area contributed by atoms with Crippen molar-refractivity contribution in [3.63, 3.8) is 0 Å². The molecule has 2 amide bonds. The Morgan fingerprint density at radius 2 is 2.05 bits per heavy atom. The van der Waals surface area contributed by atoms with Crippen molar-refractivity contribution in [3.8, 4) is 11.8 Å². The number of anilines is 1. The van der Waals surface area contributed by atoms with E-state index >= 15 is 0 Å². The number of ether oxygens (including phenoxy) is 1. The van der Waals surface area contributed by atoms with Gasteiger partial charge in [-0.05, 0) is 31.0 Å². The van der Waals surface area contributed by atoms with Crippen molar-refractivity contribution >= 4 is 17.5 Å². The maximum atomic E-state index is 12.1. The molecule has 0 spiro atoms. The third kappa shape index (κ3) is 2.82. The van der Waals surface area contributed by atoms with E-state index in [-0.39, 0.29) is 11.8 Å². The highest BCUT2D eigenvalue weighted by Crippen LogP contribution is 2.45. The number of benzene rings is 1. The summed E-state index contributed by atoms with van der Waals surface area (Å²) in [4.78, 5) is 25.6. The molecule has 0 aromatic heterocycles. The first kappa shape index (κ1) is 14.9. The minimum absolute atomic E-state index is 0.218. The Kier molecular flexibility index (Phi) is 3.85. The zero-order valence-electron chi connectivity index (χ0n) is 12.3. The molecule has 0 unspecified atom stereocenters. The molecule has 2 rings (SSSR count). The van der Waals surface area contributed by atoms with E-state index in [9.17, 15) is 9.59 Å². The van der Waals surface area contributed by atoms with E-state index in [1.807, 2.05) is 6.07 Å². The van der Waals surface area contributed by atoms with E-state index in [2.05, 4.69) is 5.32 Å². The van der Waals surface area contributed by atoms with Crippen molar-refractivity contribution in [3.05, 3.63) is 23.8 Å². The van der Waals surface area contributed by atoms with Crippen LogP contribution < -0.4 is 10.1 Å². The van der Waals surface area contributed by atoms with Gasteiger partial charge in [0.2, 0.25) is 5.91 Å². The smallest absolute Gasteiger partial charge is 0.257 e. The number of nitriles is 1. The highest BCUT2D eigenvalue weighted by atomic mass is 16.5. The Hall–Kier alpha value is -2.55. The normalized spacial score (nSPS) is 14.8. The van der Waals surface area contributed by atoms with E-state index in [0.29, 0.717) is 29.8 Å². The lowest BCUT2D eigenvalue weighted by Gasteiger charge is -2.15. The van der Waals surface area contributed by atoms with Gasteiger partial charge in [0.25, 0.3) is 5.91 Å². The number of carbonyl (C=O) groups is 2. The Morgan fingerprint density at radius 1 is 1.38 bits per heavy atom. The fourth-order valence-corrected chi connectivity index (χ4v) is 1.96. The predicted molar refractivity (Wildman–Crippen MR) is 76.9 cm³/mol. The Morgan fingerprint density at radius 3 is 2.52 bits per heavy atom. The van der Waals surface area contributed by atoms with Crippen LogP contribution in [0, 0.1) is 16.7 Å². The van der Waals surface area contributed by atoms with Crippen molar-refractivity contribution in [2.24, 2.45) is 5.41 Å². The molecular formula is C15H17N3O3. The van der Waals surface area contributed by atoms with Crippen LogP contribution in [0.4, 0.5) is 5.69 Å². The predicted octanol–water partition coefficient (Wildman–Crippen LogP) is 1.64. The van der Waals surface area contributed by atoms with Gasteiger partial charge in [0.15, 0.2) is 0 Å². The van der Waals surface area contributed by atoms with E-state index in [0.717, 1.165) is 0 Å². The molecule has 1 saturated carbocycles. The second-order valence-electron chi connectivity index (χ2n) is 5.26. The lowest BCUT2D eigenvalue weighted by molar-refractivity contribution is -0.119. The lowest BCUT2D eigenvalue weighted by Crippen LogP contribution is -2.24. The molecule has 0 bridgehead atoms. The summed E-state index contributed by atoms with van der Waals surface area (Å²) in [6.07, 6.45) is 1.16. The second-order valence-corrected chi connectivity index (χ2v) is 5.26. The van der Waals surface area contributed by atoms with Gasteiger partial charge in [-0.25, -0.2) is 0 Å². The molecule has 0 aliphatic heterocycles. The third-order valence-corrected chi connectivity index (χ3v) is 3.49. The molecule has 6 nitrogen and oxygen atoms in total. The van der Waals surface area contributed by atoms with Crippen LogP contribution in [-0.4, -0.2) is 37.9 Å². The number of nitrogens with zero attached hydrogens (tertiary/aromatic N) is 2. The molecular weight excluding hydrogens is 270 g/mol. The first-order valence-electron chi connectivity index (χ1n) is 6.56. The summed E-state index contributed by atoms with van der Waals surface area (Å²) < 4.78 is 5.16. The number of rotatable bonds is 4. The molecule has 1 aliphatic rings. The van der Waals surface area contributed by atoms with E-state index in [1.165, 1.54) is 12.0 Å². The van der Waals surface area contributed by atoms with Crippen LogP contribution in [0.2, 0.25) is 0 Å². The van der Waals surface area contributed by atoms with Crippen molar-refractivity contribution in [2.45, 2.75) is 12.8 Å². The summed E-state index contributed by atoms with van der Waals surface area (Å²) in [7, 11) is 4.76. The van der Waals surface area contributed by atoms with E-state index in [1.54, 1.807) is 32.3 Å². The maximum Gasteiger partial charge on any atom is 0.257 e. The van der Waals surface area contributed by atoms with Gasteiger partial charge in [-0.1, -0.05) is 0 Å². The summed E-state index contributed by atoms with van der Waals surface area (Å²) in [5.41, 5.74) is -0.0549. The van der Waals surface area contributed by atoms with Crippen LogP contribution in [0.25, 0.3) is 0 Å². The summed E-state index contributed by atoms with van der Waals surface area (Å²) in [5.74, 6) is -0.101. The van der Waals surface area contributed by atoms with Crippen molar-refractivity contribution in [1.82, 2.24) is 4.90 Å². The SMILES string of the molecule is COc1ccc(NC(=O)C2(C#N)CC2)cc1C(=O)N(C)C. The number of carbonyl (C=O) groups excluding carboxylic acids is 2. The zero-order valence-corrected chi connectivity index (χ0v) is 12.3. The number of hydrogen-bond donors (Lipinski definition) is 1. The Labute approximate surface area is 123 Å². The molecule has 0 radical (unpaired) electrons. The van der Waals surface area contributed by atoms with Gasteiger partial charge in [-0.2, -0.15) is 5.26 Å². The fraction of sp³-hybridized carbons (Fsp3) is 0.400. The number of nitrogens with one attached hydrogen (secondary N) is 1. The molecule has 0 atom stereocenters.